The van der Waals surface area contributed by atoms with Gasteiger partial charge in [-0.3, -0.25) is 9.59 Å². The lowest BCUT2D eigenvalue weighted by Gasteiger charge is -2.36. The molecule has 23 heavy (non-hydrogen) atoms. The minimum Gasteiger partial charge on any atom is -0.480 e. The van der Waals surface area contributed by atoms with Gasteiger partial charge in [0.1, 0.15) is 6.04 Å². The van der Waals surface area contributed by atoms with Gasteiger partial charge < -0.3 is 10.0 Å². The van der Waals surface area contributed by atoms with Crippen molar-refractivity contribution in [2.24, 2.45) is 5.92 Å². The number of hydrogen-bond acceptors (Lipinski definition) is 4. The lowest BCUT2D eigenvalue weighted by atomic mass is 9.93. The quantitative estimate of drug-likeness (QED) is 0.841. The topological polar surface area (TPSA) is 74.7 Å². The van der Waals surface area contributed by atoms with Gasteiger partial charge in [-0.15, -0.1) is 0 Å². The lowest BCUT2D eigenvalue weighted by Crippen LogP contribution is -2.50. The molecule has 0 fully saturated rings. The number of hydrogen-bond donors (Lipinski definition) is 1. The number of carboxylic acids is 1. The average Bonchev–Trinajstić information content (AvgIpc) is 2.50. The molecular formula is C16H18BrNO4S. The van der Waals surface area contributed by atoms with Gasteiger partial charge in [0.25, 0.3) is 0 Å². The van der Waals surface area contributed by atoms with E-state index < -0.39 is 17.9 Å². The Hall–Kier alpha value is -1.34. The van der Waals surface area contributed by atoms with Crippen LogP contribution >= 0.6 is 27.7 Å². The average molecular weight is 400 g/mol. The van der Waals surface area contributed by atoms with Gasteiger partial charge in [0.15, 0.2) is 5.12 Å². The van der Waals surface area contributed by atoms with E-state index in [1.807, 2.05) is 18.2 Å². The van der Waals surface area contributed by atoms with E-state index in [2.05, 4.69) is 15.9 Å². The van der Waals surface area contributed by atoms with Crippen LogP contribution in [0.5, 0.6) is 0 Å². The molecule has 1 aliphatic heterocycles. The summed E-state index contributed by atoms with van der Waals surface area (Å²) >= 11 is 4.49. The molecule has 7 heteroatoms. The number of carboxylic acid groups (broad SMARTS) is 1. The van der Waals surface area contributed by atoms with E-state index in [1.165, 1.54) is 11.8 Å². The van der Waals surface area contributed by atoms with Crippen LogP contribution in [0.15, 0.2) is 22.7 Å². The second-order valence-corrected chi connectivity index (χ2v) is 7.75. The van der Waals surface area contributed by atoms with E-state index in [0.29, 0.717) is 12.2 Å². The Balaban J connectivity index is 2.22. The molecule has 0 radical (unpaired) electrons. The van der Waals surface area contributed by atoms with E-state index in [9.17, 15) is 19.5 Å². The van der Waals surface area contributed by atoms with Crippen molar-refractivity contribution in [2.45, 2.75) is 32.9 Å². The molecule has 124 valence electrons. The first-order chi connectivity index (χ1) is 10.8. The normalized spacial score (nSPS) is 18.2. The number of thioether (sulfide) groups is 1. The number of aliphatic carboxylic acids is 1. The third kappa shape index (κ3) is 4.35. The Labute approximate surface area is 147 Å². The molecule has 0 spiro atoms. The molecule has 0 bridgehead atoms. The fourth-order valence-corrected chi connectivity index (χ4v) is 3.64. The summed E-state index contributed by atoms with van der Waals surface area (Å²) in [5, 5.41) is 9.43. The molecule has 1 aromatic rings. The molecule has 1 aromatic carbocycles. The Morgan fingerprint density at radius 3 is 2.70 bits per heavy atom. The SMILES string of the molecule is CC(=O)SCC(C)C(=O)N1Cc2cc(Br)ccc2CC1C(=O)O. The van der Waals surface area contributed by atoms with Crippen molar-refractivity contribution in [1.29, 1.82) is 0 Å². The highest BCUT2D eigenvalue weighted by molar-refractivity contribution is 9.10. The zero-order valence-corrected chi connectivity index (χ0v) is 15.3. The van der Waals surface area contributed by atoms with Crippen LogP contribution in [0.1, 0.15) is 25.0 Å². The van der Waals surface area contributed by atoms with Gasteiger partial charge in [0.2, 0.25) is 5.91 Å². The largest absolute Gasteiger partial charge is 0.480 e. The van der Waals surface area contributed by atoms with E-state index in [-0.39, 0.29) is 17.6 Å². The van der Waals surface area contributed by atoms with E-state index in [1.54, 1.807) is 6.92 Å². The van der Waals surface area contributed by atoms with Crippen molar-refractivity contribution in [3.05, 3.63) is 33.8 Å². The highest BCUT2D eigenvalue weighted by Crippen LogP contribution is 2.28. The monoisotopic (exact) mass is 399 g/mol. The third-order valence-electron chi connectivity index (χ3n) is 3.82. The van der Waals surface area contributed by atoms with Gasteiger partial charge >= 0.3 is 5.97 Å². The van der Waals surface area contributed by atoms with Crippen molar-refractivity contribution in [2.75, 3.05) is 5.75 Å². The van der Waals surface area contributed by atoms with Gasteiger partial charge in [0.05, 0.1) is 0 Å². The molecule has 2 rings (SSSR count). The Kier molecular flexibility index (Phi) is 5.86. The second kappa shape index (κ2) is 7.49. The number of nitrogens with zero attached hydrogens (tertiary/aromatic N) is 1. The van der Waals surface area contributed by atoms with Crippen molar-refractivity contribution < 1.29 is 19.5 Å². The number of fused-ring (bicyclic) bond motifs is 1. The molecule has 1 heterocycles. The molecule has 0 aliphatic carbocycles. The Bertz CT molecular complexity index is 649. The summed E-state index contributed by atoms with van der Waals surface area (Å²) in [7, 11) is 0. The van der Waals surface area contributed by atoms with Crippen LogP contribution in [0.25, 0.3) is 0 Å². The predicted molar refractivity (Wildman–Crippen MR) is 92.1 cm³/mol. The molecule has 1 amide bonds. The molecule has 1 aliphatic rings. The van der Waals surface area contributed by atoms with Crippen LogP contribution in [-0.4, -0.2) is 38.8 Å². The number of benzene rings is 1. The third-order valence-corrected chi connectivity index (χ3v) is 5.39. The molecule has 2 atom stereocenters. The van der Waals surface area contributed by atoms with Gasteiger partial charge in [0, 0.05) is 36.0 Å². The van der Waals surface area contributed by atoms with Crippen molar-refractivity contribution >= 4 is 44.7 Å². The summed E-state index contributed by atoms with van der Waals surface area (Å²) in [6, 6.07) is 4.83. The van der Waals surface area contributed by atoms with E-state index >= 15 is 0 Å². The van der Waals surface area contributed by atoms with Gasteiger partial charge in [-0.05, 0) is 23.3 Å². The molecular weight excluding hydrogens is 382 g/mol. The summed E-state index contributed by atoms with van der Waals surface area (Å²) in [6.45, 7) is 3.46. The van der Waals surface area contributed by atoms with Crippen LogP contribution in [0, 0.1) is 5.92 Å². The van der Waals surface area contributed by atoms with Crippen LogP contribution in [0.3, 0.4) is 0 Å². The smallest absolute Gasteiger partial charge is 0.326 e. The first kappa shape index (κ1) is 18.0. The second-order valence-electron chi connectivity index (χ2n) is 5.64. The predicted octanol–water partition coefficient (Wildman–Crippen LogP) is 2.70. The maximum atomic E-state index is 12.6. The van der Waals surface area contributed by atoms with Gasteiger partial charge in [-0.1, -0.05) is 40.7 Å². The molecule has 2 unspecified atom stereocenters. The first-order valence-electron chi connectivity index (χ1n) is 7.23. The number of amides is 1. The number of carbonyl (C=O) groups excluding carboxylic acids is 2. The standard InChI is InChI=1S/C16H18BrNO4S/c1-9(8-23-10(2)19)15(20)18-7-12-5-13(17)4-3-11(12)6-14(18)16(21)22/h3-5,9,14H,6-8H2,1-2H3,(H,21,22). The van der Waals surface area contributed by atoms with E-state index in [4.69, 9.17) is 0 Å². The summed E-state index contributed by atoms with van der Waals surface area (Å²) < 4.78 is 0.901. The molecule has 0 aromatic heterocycles. The fraction of sp³-hybridized carbons (Fsp3) is 0.438. The fourth-order valence-electron chi connectivity index (χ4n) is 2.60. The highest BCUT2D eigenvalue weighted by Gasteiger charge is 2.36. The highest BCUT2D eigenvalue weighted by atomic mass is 79.9. The molecule has 0 saturated heterocycles. The summed E-state index contributed by atoms with van der Waals surface area (Å²) in [4.78, 5) is 36.7. The molecule has 1 N–H and O–H groups in total. The van der Waals surface area contributed by atoms with Gasteiger partial charge in [-0.2, -0.15) is 0 Å². The zero-order chi connectivity index (χ0) is 17.1. The Morgan fingerprint density at radius 1 is 1.39 bits per heavy atom. The van der Waals surface area contributed by atoms with E-state index in [0.717, 1.165) is 27.4 Å². The van der Waals surface area contributed by atoms with Crippen LogP contribution < -0.4 is 0 Å². The van der Waals surface area contributed by atoms with Crippen LogP contribution in [0.2, 0.25) is 0 Å². The Morgan fingerprint density at radius 2 is 2.09 bits per heavy atom. The van der Waals surface area contributed by atoms with Crippen LogP contribution in [0.4, 0.5) is 0 Å². The summed E-state index contributed by atoms with van der Waals surface area (Å²) in [5.74, 6) is -1.27. The van der Waals surface area contributed by atoms with Gasteiger partial charge in [-0.25, -0.2) is 4.79 Å². The summed E-state index contributed by atoms with van der Waals surface area (Å²) in [5.41, 5.74) is 1.91. The lowest BCUT2D eigenvalue weighted by molar-refractivity contribution is -0.152. The maximum absolute atomic E-state index is 12.6. The summed E-state index contributed by atoms with van der Waals surface area (Å²) in [6.07, 6.45) is 0.302. The van der Waals surface area contributed by atoms with Crippen molar-refractivity contribution in [1.82, 2.24) is 4.90 Å². The zero-order valence-electron chi connectivity index (χ0n) is 12.9. The maximum Gasteiger partial charge on any atom is 0.326 e. The number of rotatable bonds is 4. The van der Waals surface area contributed by atoms with Crippen molar-refractivity contribution in [3.8, 4) is 0 Å². The first-order valence-corrected chi connectivity index (χ1v) is 9.01. The molecule has 0 saturated carbocycles. The minimum absolute atomic E-state index is 0.0487. The van der Waals surface area contributed by atoms with Crippen LogP contribution in [-0.2, 0) is 27.3 Å². The minimum atomic E-state index is -1.00. The number of carbonyl (C=O) groups is 3. The van der Waals surface area contributed by atoms with Crippen molar-refractivity contribution in [3.63, 3.8) is 0 Å². The number of halogens is 1. The molecule has 5 nitrogen and oxygen atoms in total.